The molecule has 0 N–H and O–H groups in total. The standard InChI is InChI=1S/C36H39F5O3S2/c1-34(2,3)22-10-16-25(17-11-22)45(26-18-12-23(13-19-26)35(4,5)6,27-20-14-24(15-21-27)36(7,8)9)44-46(42,43)33-31(40)29(38)28(37)30(39)32(33)41/h10-21H,1-9H3. The van der Waals surface area contributed by atoms with Crippen LogP contribution in [0.15, 0.2) is 92.4 Å². The van der Waals surface area contributed by atoms with Gasteiger partial charge in [-0.1, -0.05) is 98.7 Å². The molecule has 0 radical (unpaired) electrons. The van der Waals surface area contributed by atoms with Crippen LogP contribution in [0, 0.1) is 29.1 Å². The molecule has 4 aromatic rings. The Kier molecular flexibility index (Phi) is 9.38. The van der Waals surface area contributed by atoms with Crippen LogP contribution < -0.4 is 0 Å². The lowest BCUT2D eigenvalue weighted by Gasteiger charge is -2.40. The zero-order valence-corrected chi connectivity index (χ0v) is 29.0. The van der Waals surface area contributed by atoms with E-state index in [4.69, 9.17) is 3.63 Å². The first-order chi connectivity index (χ1) is 21.0. The van der Waals surface area contributed by atoms with E-state index in [9.17, 15) is 21.6 Å². The Morgan fingerprint density at radius 1 is 0.435 bits per heavy atom. The molecule has 0 aliphatic rings. The predicted molar refractivity (Wildman–Crippen MR) is 172 cm³/mol. The first kappa shape index (κ1) is 35.6. The van der Waals surface area contributed by atoms with Crippen LogP contribution in [0.3, 0.4) is 0 Å². The highest BCUT2D eigenvalue weighted by Crippen LogP contribution is 2.70. The number of halogens is 5. The summed E-state index contributed by atoms with van der Waals surface area (Å²) in [6.45, 7) is 18.0. The van der Waals surface area contributed by atoms with Gasteiger partial charge in [-0.2, -0.15) is 8.42 Å². The van der Waals surface area contributed by atoms with Crippen molar-refractivity contribution in [1.29, 1.82) is 0 Å². The highest BCUT2D eigenvalue weighted by molar-refractivity contribution is 8.33. The Balaban J connectivity index is 2.13. The van der Waals surface area contributed by atoms with E-state index in [0.29, 0.717) is 14.7 Å². The van der Waals surface area contributed by atoms with E-state index in [2.05, 4.69) is 0 Å². The fraction of sp³-hybridized carbons (Fsp3) is 0.333. The summed E-state index contributed by atoms with van der Waals surface area (Å²) in [4.78, 5) is -1.05. The molecular weight excluding hydrogens is 640 g/mol. The molecule has 4 rings (SSSR count). The average molecular weight is 679 g/mol. The van der Waals surface area contributed by atoms with Crippen molar-refractivity contribution in [3.63, 3.8) is 0 Å². The molecule has 4 aromatic carbocycles. The van der Waals surface area contributed by atoms with E-state index in [1.54, 1.807) is 72.8 Å². The largest absolute Gasteiger partial charge is 0.313 e. The minimum Gasteiger partial charge on any atom is -0.203 e. The van der Waals surface area contributed by atoms with Gasteiger partial charge >= 0.3 is 10.1 Å². The lowest BCUT2D eigenvalue weighted by Crippen LogP contribution is -2.20. The monoisotopic (exact) mass is 678 g/mol. The Bertz CT molecular complexity index is 1680. The van der Waals surface area contributed by atoms with Crippen molar-refractivity contribution in [3.05, 3.63) is 119 Å². The fourth-order valence-electron chi connectivity index (χ4n) is 4.94. The third kappa shape index (κ3) is 6.62. The number of hydrogen-bond acceptors (Lipinski definition) is 3. The molecule has 0 bridgehead atoms. The molecule has 0 amide bonds. The van der Waals surface area contributed by atoms with Gasteiger partial charge in [0.2, 0.25) is 5.82 Å². The summed E-state index contributed by atoms with van der Waals surface area (Å²) in [6.07, 6.45) is 0. The minimum atomic E-state index is -5.66. The highest BCUT2D eigenvalue weighted by atomic mass is 32.3. The van der Waals surface area contributed by atoms with Crippen LogP contribution in [0.5, 0.6) is 0 Å². The molecule has 0 saturated heterocycles. The summed E-state index contributed by atoms with van der Waals surface area (Å²) >= 11 is 0. The molecular formula is C36H39F5O3S2. The van der Waals surface area contributed by atoms with E-state index >= 15 is 8.78 Å². The second kappa shape index (κ2) is 12.1. The third-order valence-corrected chi connectivity index (χ3v) is 13.0. The maximum Gasteiger partial charge on any atom is 0.313 e. The third-order valence-electron chi connectivity index (χ3n) is 7.77. The molecule has 0 aliphatic heterocycles. The number of hydrogen-bond donors (Lipinski definition) is 0. The van der Waals surface area contributed by atoms with Gasteiger partial charge in [0, 0.05) is 14.7 Å². The summed E-state index contributed by atoms with van der Waals surface area (Å²) in [5.41, 5.74) is 1.92. The summed E-state index contributed by atoms with van der Waals surface area (Å²) in [5, 5.41) is 0. The van der Waals surface area contributed by atoms with E-state index in [1.807, 2.05) is 62.3 Å². The molecule has 3 nitrogen and oxygen atoms in total. The quantitative estimate of drug-likeness (QED) is 0.116. The molecule has 0 spiro atoms. The zero-order valence-electron chi connectivity index (χ0n) is 27.4. The molecule has 0 fully saturated rings. The molecule has 0 heterocycles. The van der Waals surface area contributed by atoms with Crippen LogP contribution in [-0.2, 0) is 30.0 Å². The molecule has 46 heavy (non-hydrogen) atoms. The Morgan fingerprint density at radius 2 is 0.674 bits per heavy atom. The van der Waals surface area contributed by atoms with Crippen molar-refractivity contribution in [1.82, 2.24) is 0 Å². The summed E-state index contributed by atoms with van der Waals surface area (Å²) in [6, 6.07) is 20.9. The van der Waals surface area contributed by atoms with E-state index in [1.165, 1.54) is 0 Å². The van der Waals surface area contributed by atoms with Gasteiger partial charge in [0.25, 0.3) is 0 Å². The second-order valence-corrected chi connectivity index (χ2v) is 18.7. The van der Waals surface area contributed by atoms with Gasteiger partial charge in [-0.15, -0.1) is 0 Å². The molecule has 0 unspecified atom stereocenters. The van der Waals surface area contributed by atoms with Gasteiger partial charge < -0.3 is 0 Å². The number of benzene rings is 4. The fourth-order valence-corrected chi connectivity index (χ4v) is 10.2. The van der Waals surface area contributed by atoms with Gasteiger partial charge in [-0.3, -0.25) is 0 Å². The number of rotatable bonds is 6. The van der Waals surface area contributed by atoms with Crippen molar-refractivity contribution in [2.75, 3.05) is 0 Å². The van der Waals surface area contributed by atoms with Gasteiger partial charge in [0.1, 0.15) is 0 Å². The lowest BCUT2D eigenvalue weighted by atomic mass is 9.87. The van der Waals surface area contributed by atoms with Gasteiger partial charge in [-0.25, -0.2) is 25.6 Å². The van der Waals surface area contributed by atoms with Gasteiger partial charge in [-0.05, 0) is 79.6 Å². The molecule has 0 atom stereocenters. The Hall–Kier alpha value is -3.21. The normalized spacial score (nSPS) is 13.6. The zero-order chi connectivity index (χ0) is 34.6. The molecule has 0 aromatic heterocycles. The summed E-state index contributed by atoms with van der Waals surface area (Å²) < 4.78 is 107. The second-order valence-electron chi connectivity index (χ2n) is 14.3. The maximum atomic E-state index is 15.1. The maximum absolute atomic E-state index is 15.1. The molecule has 10 heteroatoms. The first-order valence-corrected chi connectivity index (χ1v) is 17.6. The topological polar surface area (TPSA) is 43.4 Å². The van der Waals surface area contributed by atoms with Crippen LogP contribution in [-0.4, -0.2) is 8.42 Å². The van der Waals surface area contributed by atoms with Crippen LogP contribution >= 0.6 is 10.3 Å². The highest BCUT2D eigenvalue weighted by Gasteiger charge is 2.43. The smallest absolute Gasteiger partial charge is 0.203 e. The Morgan fingerprint density at radius 3 is 0.913 bits per heavy atom. The van der Waals surface area contributed by atoms with E-state index in [0.717, 1.165) is 16.7 Å². The van der Waals surface area contributed by atoms with Crippen LogP contribution in [0.25, 0.3) is 0 Å². The van der Waals surface area contributed by atoms with Crippen LogP contribution in [0.1, 0.15) is 79.0 Å². The molecule has 248 valence electrons. The molecule has 0 aliphatic carbocycles. The van der Waals surface area contributed by atoms with Gasteiger partial charge in [0.05, 0.1) is 0 Å². The first-order valence-electron chi connectivity index (χ1n) is 14.6. The van der Waals surface area contributed by atoms with E-state index in [-0.39, 0.29) is 16.2 Å². The lowest BCUT2D eigenvalue weighted by molar-refractivity contribution is 0.354. The summed E-state index contributed by atoms with van der Waals surface area (Å²) in [5.74, 6) is -12.3. The van der Waals surface area contributed by atoms with Crippen molar-refractivity contribution < 1.29 is 34.0 Å². The molecule has 0 saturated carbocycles. The summed E-state index contributed by atoms with van der Waals surface area (Å²) in [7, 11) is -9.12. The van der Waals surface area contributed by atoms with Gasteiger partial charge in [0.15, 0.2) is 28.2 Å². The SMILES string of the molecule is CC(C)(C)c1ccc(S(OS(=O)(=O)c2c(F)c(F)c(F)c(F)c2F)(c2ccc(C(C)(C)C)cc2)c2ccc(C(C)(C)C)cc2)cc1. The van der Waals surface area contributed by atoms with E-state index < -0.39 is 54.4 Å². The minimum absolute atomic E-state index is 0.276. The van der Waals surface area contributed by atoms with Crippen molar-refractivity contribution >= 4 is 20.4 Å². The van der Waals surface area contributed by atoms with Crippen LogP contribution in [0.4, 0.5) is 22.0 Å². The Labute approximate surface area is 270 Å². The predicted octanol–water partition coefficient (Wildman–Crippen LogP) is 10.9. The van der Waals surface area contributed by atoms with Crippen molar-refractivity contribution in [3.8, 4) is 0 Å². The van der Waals surface area contributed by atoms with Crippen LogP contribution in [0.2, 0.25) is 0 Å². The van der Waals surface area contributed by atoms with Crippen molar-refractivity contribution in [2.24, 2.45) is 0 Å². The van der Waals surface area contributed by atoms with Crippen molar-refractivity contribution in [2.45, 2.75) is 98.1 Å². The average Bonchev–Trinajstić information content (AvgIpc) is 2.97.